The molecule has 23 heavy (non-hydrogen) atoms. The smallest absolute Gasteiger partial charge is 0.272 e. The topological polar surface area (TPSA) is 68.2 Å². The van der Waals surface area contributed by atoms with Crippen molar-refractivity contribution in [1.82, 2.24) is 20.4 Å². The summed E-state index contributed by atoms with van der Waals surface area (Å²) in [4.78, 5) is 12.4. The van der Waals surface area contributed by atoms with Crippen molar-refractivity contribution in [2.45, 2.75) is 25.6 Å². The monoisotopic (exact) mass is 334 g/mol. The molecule has 2 aromatic rings. The van der Waals surface area contributed by atoms with Gasteiger partial charge in [0.05, 0.1) is 18.3 Å². The fourth-order valence-electron chi connectivity index (χ4n) is 2.98. The van der Waals surface area contributed by atoms with E-state index >= 15 is 0 Å². The number of halogens is 1. The molecule has 1 aromatic carbocycles. The number of carbonyl (C=O) groups excluding carboxylic acids is 1. The number of ether oxygens (including phenoxy) is 1. The lowest BCUT2D eigenvalue weighted by Gasteiger charge is -2.25. The number of para-hydroxylation sites is 1. The zero-order chi connectivity index (χ0) is 14.9. The van der Waals surface area contributed by atoms with Gasteiger partial charge >= 0.3 is 0 Å². The number of fused-ring (bicyclic) bond motifs is 2. The summed E-state index contributed by atoms with van der Waals surface area (Å²) in [7, 11) is 0. The maximum atomic E-state index is 12.4. The van der Waals surface area contributed by atoms with Crippen molar-refractivity contribution in [3.05, 3.63) is 47.3 Å². The molecule has 0 fully saturated rings. The third kappa shape index (κ3) is 3.18. The van der Waals surface area contributed by atoms with Crippen LogP contribution in [0.4, 0.5) is 0 Å². The molecule has 1 atom stereocenters. The second kappa shape index (κ2) is 6.60. The quantitative estimate of drug-likeness (QED) is 0.864. The first-order chi connectivity index (χ1) is 10.8. The fraction of sp³-hybridized carbons (Fsp3) is 0.375. The molecule has 7 heteroatoms. The van der Waals surface area contributed by atoms with Crippen molar-refractivity contribution in [2.75, 3.05) is 13.2 Å². The summed E-state index contributed by atoms with van der Waals surface area (Å²) in [6.45, 7) is 2.96. The van der Waals surface area contributed by atoms with Gasteiger partial charge in [-0.05, 0) is 24.1 Å². The molecule has 2 N–H and O–H groups in total. The van der Waals surface area contributed by atoms with Gasteiger partial charge in [0.25, 0.3) is 5.91 Å². The fourth-order valence-corrected chi connectivity index (χ4v) is 2.98. The lowest BCUT2D eigenvalue weighted by atomic mass is 10.0. The number of hydrogen-bond donors (Lipinski definition) is 2. The van der Waals surface area contributed by atoms with Crippen LogP contribution in [0, 0.1) is 0 Å². The number of benzene rings is 1. The van der Waals surface area contributed by atoms with Crippen LogP contribution < -0.4 is 15.4 Å². The van der Waals surface area contributed by atoms with Gasteiger partial charge in [0.2, 0.25) is 0 Å². The molecule has 0 bridgehead atoms. The van der Waals surface area contributed by atoms with Crippen molar-refractivity contribution >= 4 is 18.3 Å². The van der Waals surface area contributed by atoms with Gasteiger partial charge in [-0.3, -0.25) is 9.48 Å². The van der Waals surface area contributed by atoms with E-state index in [-0.39, 0.29) is 24.4 Å². The standard InChI is InChI=1S/C16H18N4O2.ClH/c21-16(14-8-13-9-17-5-6-20(13)19-14)18-12-7-11-3-1-2-4-15(11)22-10-12;/h1-4,8,12,17H,5-7,9-10H2,(H,18,21);1H/t12-;/m1./s1. The van der Waals surface area contributed by atoms with Crippen LogP contribution in [-0.2, 0) is 19.5 Å². The number of hydrogen-bond acceptors (Lipinski definition) is 4. The van der Waals surface area contributed by atoms with Gasteiger partial charge < -0.3 is 15.4 Å². The molecule has 122 valence electrons. The van der Waals surface area contributed by atoms with E-state index in [0.29, 0.717) is 12.3 Å². The third-order valence-corrected chi connectivity index (χ3v) is 4.12. The van der Waals surface area contributed by atoms with Crippen LogP contribution in [-0.4, -0.2) is 34.9 Å². The Morgan fingerprint density at radius 1 is 1.39 bits per heavy atom. The Labute approximate surface area is 140 Å². The normalized spacial score (nSPS) is 18.9. The summed E-state index contributed by atoms with van der Waals surface area (Å²) >= 11 is 0. The Kier molecular flexibility index (Phi) is 4.54. The summed E-state index contributed by atoms with van der Waals surface area (Å²) in [6.07, 6.45) is 0.789. The van der Waals surface area contributed by atoms with Gasteiger partial charge in [-0.1, -0.05) is 18.2 Å². The van der Waals surface area contributed by atoms with E-state index in [1.165, 1.54) is 0 Å². The van der Waals surface area contributed by atoms with E-state index in [2.05, 4.69) is 15.7 Å². The Balaban J connectivity index is 0.00000156. The second-order valence-corrected chi connectivity index (χ2v) is 5.71. The lowest BCUT2D eigenvalue weighted by molar-refractivity contribution is 0.0909. The number of nitrogens with zero attached hydrogens (tertiary/aromatic N) is 2. The molecule has 0 radical (unpaired) electrons. The molecule has 6 nitrogen and oxygen atoms in total. The summed E-state index contributed by atoms with van der Waals surface area (Å²) in [5, 5.41) is 10.7. The van der Waals surface area contributed by atoms with Crippen molar-refractivity contribution in [3.8, 4) is 5.75 Å². The number of rotatable bonds is 2. The molecule has 2 aliphatic rings. The van der Waals surface area contributed by atoms with Crippen LogP contribution in [0.3, 0.4) is 0 Å². The first kappa shape index (κ1) is 15.8. The van der Waals surface area contributed by atoms with Crippen LogP contribution in [0.2, 0.25) is 0 Å². The van der Waals surface area contributed by atoms with Crippen molar-refractivity contribution in [1.29, 1.82) is 0 Å². The van der Waals surface area contributed by atoms with Crippen LogP contribution in [0.15, 0.2) is 30.3 Å². The summed E-state index contributed by atoms with van der Waals surface area (Å²) in [6, 6.07) is 9.79. The summed E-state index contributed by atoms with van der Waals surface area (Å²) < 4.78 is 7.60. The average molecular weight is 335 g/mol. The van der Waals surface area contributed by atoms with E-state index in [1.807, 2.05) is 35.0 Å². The summed E-state index contributed by atoms with van der Waals surface area (Å²) in [5.41, 5.74) is 2.67. The molecular weight excluding hydrogens is 316 g/mol. The molecule has 3 heterocycles. The Bertz CT molecular complexity index is 692. The van der Waals surface area contributed by atoms with Gasteiger partial charge in [-0.2, -0.15) is 5.10 Å². The number of carbonyl (C=O) groups is 1. The average Bonchev–Trinajstić information content (AvgIpc) is 2.99. The maximum absolute atomic E-state index is 12.4. The third-order valence-electron chi connectivity index (χ3n) is 4.12. The van der Waals surface area contributed by atoms with E-state index in [9.17, 15) is 4.79 Å². The van der Waals surface area contributed by atoms with Gasteiger partial charge in [0.1, 0.15) is 12.4 Å². The second-order valence-electron chi connectivity index (χ2n) is 5.71. The predicted molar refractivity (Wildman–Crippen MR) is 88.1 cm³/mol. The van der Waals surface area contributed by atoms with Gasteiger partial charge in [-0.25, -0.2) is 0 Å². The number of amides is 1. The highest BCUT2D eigenvalue weighted by Crippen LogP contribution is 2.24. The van der Waals surface area contributed by atoms with Crippen molar-refractivity contribution < 1.29 is 9.53 Å². The van der Waals surface area contributed by atoms with E-state index in [0.717, 1.165) is 43.1 Å². The molecule has 0 aliphatic carbocycles. The molecule has 0 unspecified atom stereocenters. The highest BCUT2D eigenvalue weighted by Gasteiger charge is 2.23. The van der Waals surface area contributed by atoms with Gasteiger partial charge in [0.15, 0.2) is 5.69 Å². The minimum Gasteiger partial charge on any atom is -0.491 e. The van der Waals surface area contributed by atoms with Crippen LogP contribution >= 0.6 is 12.4 Å². The maximum Gasteiger partial charge on any atom is 0.272 e. The zero-order valence-corrected chi connectivity index (χ0v) is 13.4. The van der Waals surface area contributed by atoms with Crippen molar-refractivity contribution in [2.24, 2.45) is 0 Å². The van der Waals surface area contributed by atoms with Crippen LogP contribution in [0.25, 0.3) is 0 Å². The van der Waals surface area contributed by atoms with Gasteiger partial charge in [-0.15, -0.1) is 12.4 Å². The lowest BCUT2D eigenvalue weighted by Crippen LogP contribution is -2.42. The zero-order valence-electron chi connectivity index (χ0n) is 12.6. The molecule has 1 amide bonds. The molecule has 0 saturated carbocycles. The first-order valence-electron chi connectivity index (χ1n) is 7.58. The molecule has 4 rings (SSSR count). The van der Waals surface area contributed by atoms with Gasteiger partial charge in [0, 0.05) is 13.1 Å². The highest BCUT2D eigenvalue weighted by atomic mass is 35.5. The Morgan fingerprint density at radius 3 is 3.13 bits per heavy atom. The largest absolute Gasteiger partial charge is 0.491 e. The van der Waals surface area contributed by atoms with E-state index in [1.54, 1.807) is 0 Å². The Hall–Kier alpha value is -2.05. The molecule has 0 saturated heterocycles. The molecule has 0 spiro atoms. The highest BCUT2D eigenvalue weighted by molar-refractivity contribution is 5.92. The summed E-state index contributed by atoms with van der Waals surface area (Å²) in [5.74, 6) is 0.784. The molecule has 2 aliphatic heterocycles. The SMILES string of the molecule is Cl.O=C(N[C@H]1COc2ccccc2C1)c1cc2n(n1)CCNC2. The van der Waals surface area contributed by atoms with E-state index < -0.39 is 0 Å². The molecule has 1 aromatic heterocycles. The minimum absolute atomic E-state index is 0. The number of aromatic nitrogens is 2. The first-order valence-corrected chi connectivity index (χ1v) is 7.58. The van der Waals surface area contributed by atoms with Crippen molar-refractivity contribution in [3.63, 3.8) is 0 Å². The predicted octanol–water partition coefficient (Wildman–Crippen LogP) is 1.14. The molecular formula is C16H19ClN4O2. The van der Waals surface area contributed by atoms with E-state index in [4.69, 9.17) is 4.74 Å². The number of nitrogens with one attached hydrogen (secondary N) is 2. The Morgan fingerprint density at radius 2 is 2.26 bits per heavy atom. The van der Waals surface area contributed by atoms with Crippen LogP contribution in [0.5, 0.6) is 5.75 Å². The minimum atomic E-state index is -0.130. The van der Waals surface area contributed by atoms with Crippen LogP contribution in [0.1, 0.15) is 21.7 Å².